The summed E-state index contributed by atoms with van der Waals surface area (Å²) >= 11 is 5.80. The molecule has 1 atom stereocenters. The molecule has 0 bridgehead atoms. The van der Waals surface area contributed by atoms with E-state index in [1.165, 1.54) is 0 Å². The van der Waals surface area contributed by atoms with Crippen molar-refractivity contribution in [1.29, 1.82) is 0 Å². The molecule has 1 rings (SSSR count). The number of hydrogen-bond donors (Lipinski definition) is 2. The van der Waals surface area contributed by atoms with Gasteiger partial charge in [0.25, 0.3) is 5.91 Å². The van der Waals surface area contributed by atoms with E-state index in [2.05, 4.69) is 5.32 Å². The Hall–Kier alpha value is -1.06. The summed E-state index contributed by atoms with van der Waals surface area (Å²) in [6.45, 7) is 3.97. The van der Waals surface area contributed by atoms with Crippen LogP contribution in [-0.4, -0.2) is 23.7 Å². The van der Waals surface area contributed by atoms with Gasteiger partial charge in [-0.1, -0.05) is 18.5 Å². The highest BCUT2D eigenvalue weighted by atomic mass is 35.5. The molecule has 88 valence electrons. The predicted octanol–water partition coefficient (Wildman–Crippen LogP) is 2.15. The van der Waals surface area contributed by atoms with Crippen molar-refractivity contribution < 1.29 is 9.90 Å². The number of halogens is 1. The molecule has 0 aliphatic heterocycles. The summed E-state index contributed by atoms with van der Waals surface area (Å²) < 4.78 is 0. The predicted molar refractivity (Wildman–Crippen MR) is 64.8 cm³/mol. The topological polar surface area (TPSA) is 49.3 Å². The van der Waals surface area contributed by atoms with E-state index >= 15 is 0 Å². The van der Waals surface area contributed by atoms with Crippen LogP contribution < -0.4 is 5.32 Å². The molecule has 4 heteroatoms. The van der Waals surface area contributed by atoms with Crippen molar-refractivity contribution in [2.45, 2.75) is 26.4 Å². The Kier molecular flexibility index (Phi) is 4.77. The van der Waals surface area contributed by atoms with Crippen LogP contribution in [0.4, 0.5) is 0 Å². The second-order valence-electron chi connectivity index (χ2n) is 3.73. The van der Waals surface area contributed by atoms with Gasteiger partial charge < -0.3 is 10.4 Å². The Balaban J connectivity index is 2.66. The molecule has 1 unspecified atom stereocenters. The highest BCUT2D eigenvalue weighted by Crippen LogP contribution is 2.14. The Morgan fingerprint density at radius 1 is 1.56 bits per heavy atom. The number of amides is 1. The van der Waals surface area contributed by atoms with Crippen molar-refractivity contribution in [1.82, 2.24) is 5.32 Å². The first kappa shape index (κ1) is 13.0. The molecular formula is C12H16ClNO2. The van der Waals surface area contributed by atoms with Gasteiger partial charge in [-0.2, -0.15) is 0 Å². The van der Waals surface area contributed by atoms with Crippen molar-refractivity contribution in [3.05, 3.63) is 34.3 Å². The first-order valence-corrected chi connectivity index (χ1v) is 5.64. The van der Waals surface area contributed by atoms with Gasteiger partial charge >= 0.3 is 0 Å². The lowest BCUT2D eigenvalue weighted by Crippen LogP contribution is -2.32. The van der Waals surface area contributed by atoms with Crippen molar-refractivity contribution in [2.24, 2.45) is 0 Å². The maximum Gasteiger partial charge on any atom is 0.251 e. The smallest absolute Gasteiger partial charge is 0.251 e. The molecule has 3 nitrogen and oxygen atoms in total. The average Bonchev–Trinajstić information content (AvgIpc) is 2.25. The normalized spacial score (nSPS) is 12.2. The third kappa shape index (κ3) is 3.51. The Morgan fingerprint density at radius 2 is 2.25 bits per heavy atom. The molecule has 1 amide bonds. The number of nitrogens with one attached hydrogen (secondary N) is 1. The minimum atomic E-state index is -0.489. The summed E-state index contributed by atoms with van der Waals surface area (Å²) in [5, 5.41) is 12.6. The third-order valence-corrected chi connectivity index (χ3v) is 2.64. The van der Waals surface area contributed by atoms with Gasteiger partial charge in [0, 0.05) is 17.1 Å². The summed E-state index contributed by atoms with van der Waals surface area (Å²) in [5.74, 6) is -0.179. The standard InChI is InChI=1S/C12H16ClNO2/c1-3-10(15)7-14-12(16)11-5-4-9(13)6-8(11)2/h4-6,10,15H,3,7H2,1-2H3,(H,14,16). The highest BCUT2D eigenvalue weighted by Gasteiger charge is 2.10. The Labute approximate surface area is 100 Å². The SMILES string of the molecule is CCC(O)CNC(=O)c1ccc(Cl)cc1C. The van der Waals surface area contributed by atoms with Gasteiger partial charge in [0.05, 0.1) is 6.10 Å². The quantitative estimate of drug-likeness (QED) is 0.849. The zero-order valence-corrected chi connectivity index (χ0v) is 10.2. The molecule has 0 aromatic heterocycles. The van der Waals surface area contributed by atoms with E-state index < -0.39 is 6.10 Å². The third-order valence-electron chi connectivity index (χ3n) is 2.40. The van der Waals surface area contributed by atoms with Crippen LogP contribution in [-0.2, 0) is 0 Å². The van der Waals surface area contributed by atoms with Crippen LogP contribution in [0.1, 0.15) is 29.3 Å². The fourth-order valence-corrected chi connectivity index (χ4v) is 1.56. The fraction of sp³-hybridized carbons (Fsp3) is 0.417. The minimum Gasteiger partial charge on any atom is -0.391 e. The molecule has 1 aromatic rings. The van der Waals surface area contributed by atoms with Crippen LogP contribution in [0, 0.1) is 6.92 Å². The van der Waals surface area contributed by atoms with E-state index in [4.69, 9.17) is 11.6 Å². The van der Waals surface area contributed by atoms with Crippen LogP contribution >= 0.6 is 11.6 Å². The summed E-state index contributed by atoms with van der Waals surface area (Å²) in [7, 11) is 0. The van der Waals surface area contributed by atoms with E-state index in [1.54, 1.807) is 18.2 Å². The zero-order chi connectivity index (χ0) is 12.1. The van der Waals surface area contributed by atoms with E-state index in [0.29, 0.717) is 17.0 Å². The summed E-state index contributed by atoms with van der Waals surface area (Å²) in [5.41, 5.74) is 1.42. The highest BCUT2D eigenvalue weighted by molar-refractivity contribution is 6.30. The Bertz CT molecular complexity index is 379. The summed E-state index contributed by atoms with van der Waals surface area (Å²) in [4.78, 5) is 11.7. The number of rotatable bonds is 4. The zero-order valence-electron chi connectivity index (χ0n) is 9.46. The van der Waals surface area contributed by atoms with Gasteiger partial charge in [-0.3, -0.25) is 4.79 Å². The van der Waals surface area contributed by atoms with Crippen molar-refractivity contribution in [3.8, 4) is 0 Å². The molecule has 1 aromatic carbocycles. The molecule has 0 saturated carbocycles. The molecule has 16 heavy (non-hydrogen) atoms. The number of hydrogen-bond acceptors (Lipinski definition) is 2. The first-order chi connectivity index (χ1) is 7.54. The molecule has 0 radical (unpaired) electrons. The maximum absolute atomic E-state index is 11.7. The number of benzene rings is 1. The monoisotopic (exact) mass is 241 g/mol. The number of aliphatic hydroxyl groups is 1. The van der Waals surface area contributed by atoms with E-state index in [9.17, 15) is 9.90 Å². The molecule has 0 saturated heterocycles. The molecule has 0 fully saturated rings. The molecule has 2 N–H and O–H groups in total. The number of aliphatic hydroxyl groups excluding tert-OH is 1. The lowest BCUT2D eigenvalue weighted by molar-refractivity contribution is 0.0913. The Morgan fingerprint density at radius 3 is 2.81 bits per heavy atom. The summed E-state index contributed by atoms with van der Waals surface area (Å²) in [6.07, 6.45) is 0.136. The fourth-order valence-electron chi connectivity index (χ4n) is 1.33. The molecule has 0 heterocycles. The molecule has 0 aliphatic rings. The van der Waals surface area contributed by atoms with Crippen molar-refractivity contribution in [3.63, 3.8) is 0 Å². The first-order valence-electron chi connectivity index (χ1n) is 5.27. The van der Waals surface area contributed by atoms with Crippen LogP contribution in [0.5, 0.6) is 0 Å². The second-order valence-corrected chi connectivity index (χ2v) is 4.17. The van der Waals surface area contributed by atoms with Gasteiger partial charge in [0.2, 0.25) is 0 Å². The van der Waals surface area contributed by atoms with Crippen molar-refractivity contribution >= 4 is 17.5 Å². The van der Waals surface area contributed by atoms with E-state index in [0.717, 1.165) is 5.56 Å². The van der Waals surface area contributed by atoms with Gasteiger partial charge in [-0.05, 0) is 37.1 Å². The van der Waals surface area contributed by atoms with Crippen LogP contribution in [0.25, 0.3) is 0 Å². The average molecular weight is 242 g/mol. The van der Waals surface area contributed by atoms with Gasteiger partial charge in [-0.15, -0.1) is 0 Å². The number of carbonyl (C=O) groups excluding carboxylic acids is 1. The minimum absolute atomic E-state index is 0.179. The maximum atomic E-state index is 11.7. The molecule has 0 aliphatic carbocycles. The lowest BCUT2D eigenvalue weighted by Gasteiger charge is -2.11. The van der Waals surface area contributed by atoms with Gasteiger partial charge in [0.1, 0.15) is 0 Å². The van der Waals surface area contributed by atoms with Crippen LogP contribution in [0.3, 0.4) is 0 Å². The van der Waals surface area contributed by atoms with E-state index in [1.807, 2.05) is 13.8 Å². The van der Waals surface area contributed by atoms with Crippen LogP contribution in [0.2, 0.25) is 5.02 Å². The largest absolute Gasteiger partial charge is 0.391 e. The van der Waals surface area contributed by atoms with Crippen LogP contribution in [0.15, 0.2) is 18.2 Å². The van der Waals surface area contributed by atoms with E-state index in [-0.39, 0.29) is 12.5 Å². The number of carbonyl (C=O) groups is 1. The number of aryl methyl sites for hydroxylation is 1. The van der Waals surface area contributed by atoms with Gasteiger partial charge in [0.15, 0.2) is 0 Å². The molecule has 0 spiro atoms. The summed E-state index contributed by atoms with van der Waals surface area (Å²) in [6, 6.07) is 5.11. The van der Waals surface area contributed by atoms with Gasteiger partial charge in [-0.25, -0.2) is 0 Å². The lowest BCUT2D eigenvalue weighted by atomic mass is 10.1. The van der Waals surface area contributed by atoms with Crippen molar-refractivity contribution in [2.75, 3.05) is 6.54 Å². The molecular weight excluding hydrogens is 226 g/mol. The second kappa shape index (κ2) is 5.87.